The van der Waals surface area contributed by atoms with Gasteiger partial charge in [-0.3, -0.25) is 0 Å². The summed E-state index contributed by atoms with van der Waals surface area (Å²) < 4.78 is 31.3. The summed E-state index contributed by atoms with van der Waals surface area (Å²) in [7, 11) is -2.25. The van der Waals surface area contributed by atoms with E-state index in [1.54, 1.807) is 12.1 Å². The number of hydrogen-bond acceptors (Lipinski definition) is 4. The second-order valence-electron chi connectivity index (χ2n) is 4.09. The molecule has 8 heteroatoms. The summed E-state index contributed by atoms with van der Waals surface area (Å²) in [5.74, 6) is 0.611. The van der Waals surface area contributed by atoms with Gasteiger partial charge in [0.05, 0.1) is 20.6 Å². The van der Waals surface area contributed by atoms with Crippen molar-refractivity contribution in [2.24, 2.45) is 0 Å². The highest BCUT2D eigenvalue weighted by Crippen LogP contribution is 2.33. The van der Waals surface area contributed by atoms with E-state index in [0.29, 0.717) is 21.5 Å². The van der Waals surface area contributed by atoms with E-state index in [1.807, 2.05) is 0 Å². The van der Waals surface area contributed by atoms with Crippen molar-refractivity contribution < 1.29 is 13.2 Å². The predicted octanol–water partition coefficient (Wildman–Crippen LogP) is 3.28. The lowest BCUT2D eigenvalue weighted by molar-refractivity contribution is 0.483. The molecule has 0 aliphatic carbocycles. The zero-order valence-electron chi connectivity index (χ0n) is 10.9. The molecule has 21 heavy (non-hydrogen) atoms. The molecule has 0 unspecified atom stereocenters. The molecule has 0 radical (unpaired) electrons. The van der Waals surface area contributed by atoms with Gasteiger partial charge in [-0.05, 0) is 31.3 Å². The maximum atomic E-state index is 11.8. The Morgan fingerprint density at radius 3 is 2.43 bits per heavy atom. The highest BCUT2D eigenvalue weighted by molar-refractivity contribution is 7.89. The van der Waals surface area contributed by atoms with E-state index in [2.05, 4.69) is 4.72 Å². The van der Waals surface area contributed by atoms with Crippen LogP contribution in [-0.4, -0.2) is 15.5 Å². The first-order valence-corrected chi connectivity index (χ1v) is 8.03. The number of hydrogen-bond donors (Lipinski definition) is 2. The number of ether oxygens (including phenoxy) is 1. The molecule has 0 atom stereocenters. The van der Waals surface area contributed by atoms with Crippen LogP contribution < -0.4 is 15.2 Å². The van der Waals surface area contributed by atoms with Crippen LogP contribution in [0.2, 0.25) is 10.0 Å². The summed E-state index contributed by atoms with van der Waals surface area (Å²) in [5.41, 5.74) is 6.09. The third-order valence-corrected chi connectivity index (χ3v) is 4.83. The van der Waals surface area contributed by atoms with Crippen LogP contribution in [0.15, 0.2) is 41.3 Å². The molecule has 0 saturated heterocycles. The highest BCUT2D eigenvalue weighted by Gasteiger charge is 2.14. The number of nitrogens with two attached hydrogens (primary N) is 1. The standard InChI is InChI=1S/C13H12Cl2N2O3S/c1-17-21(18,19)9-3-5-12(16)13(7-9)20-8-2-4-10(14)11(15)6-8/h2-7,17H,16H2,1H3. The van der Waals surface area contributed by atoms with Crippen LogP contribution in [0.3, 0.4) is 0 Å². The number of benzene rings is 2. The van der Waals surface area contributed by atoms with Gasteiger partial charge in [0.1, 0.15) is 5.75 Å². The zero-order valence-corrected chi connectivity index (χ0v) is 13.3. The van der Waals surface area contributed by atoms with Crippen molar-refractivity contribution in [1.82, 2.24) is 4.72 Å². The van der Waals surface area contributed by atoms with Crippen LogP contribution in [0.4, 0.5) is 5.69 Å². The number of halogens is 2. The number of anilines is 1. The van der Waals surface area contributed by atoms with Gasteiger partial charge in [0.2, 0.25) is 10.0 Å². The minimum Gasteiger partial charge on any atom is -0.455 e. The van der Waals surface area contributed by atoms with E-state index in [-0.39, 0.29) is 10.6 Å². The van der Waals surface area contributed by atoms with E-state index in [9.17, 15) is 8.42 Å². The summed E-state index contributed by atoms with van der Waals surface area (Å²) in [4.78, 5) is 0.0502. The Morgan fingerprint density at radius 2 is 1.81 bits per heavy atom. The van der Waals surface area contributed by atoms with Crippen LogP contribution in [-0.2, 0) is 10.0 Å². The number of sulfonamides is 1. The SMILES string of the molecule is CNS(=O)(=O)c1ccc(N)c(Oc2ccc(Cl)c(Cl)c2)c1. The third-order valence-electron chi connectivity index (χ3n) is 2.68. The number of rotatable bonds is 4. The Balaban J connectivity index is 2.39. The zero-order chi connectivity index (χ0) is 15.6. The smallest absolute Gasteiger partial charge is 0.240 e. The van der Waals surface area contributed by atoms with Crippen molar-refractivity contribution in [3.05, 3.63) is 46.4 Å². The molecular weight excluding hydrogens is 335 g/mol. The molecule has 0 bridgehead atoms. The fourth-order valence-corrected chi connectivity index (χ4v) is 2.59. The lowest BCUT2D eigenvalue weighted by Crippen LogP contribution is -2.18. The molecule has 0 aliphatic rings. The lowest BCUT2D eigenvalue weighted by Gasteiger charge is -2.11. The normalized spacial score (nSPS) is 11.4. The second-order valence-corrected chi connectivity index (χ2v) is 6.79. The minimum absolute atomic E-state index is 0.0502. The summed E-state index contributed by atoms with van der Waals surface area (Å²) >= 11 is 11.7. The average molecular weight is 347 g/mol. The van der Waals surface area contributed by atoms with E-state index < -0.39 is 10.0 Å². The van der Waals surface area contributed by atoms with Gasteiger partial charge in [0, 0.05) is 12.1 Å². The molecule has 0 saturated carbocycles. The molecule has 3 N–H and O–H groups in total. The number of nitrogen functional groups attached to an aromatic ring is 1. The van der Waals surface area contributed by atoms with Gasteiger partial charge in [0.15, 0.2) is 5.75 Å². The van der Waals surface area contributed by atoms with E-state index in [0.717, 1.165) is 0 Å². The maximum absolute atomic E-state index is 11.8. The summed E-state index contributed by atoms with van der Waals surface area (Å²) in [6.45, 7) is 0. The van der Waals surface area contributed by atoms with Crippen LogP contribution in [0, 0.1) is 0 Å². The van der Waals surface area contributed by atoms with Crippen molar-refractivity contribution in [2.75, 3.05) is 12.8 Å². The van der Waals surface area contributed by atoms with Crippen molar-refractivity contribution in [3.8, 4) is 11.5 Å². The molecule has 112 valence electrons. The summed E-state index contributed by atoms with van der Waals surface area (Å²) in [6.07, 6.45) is 0. The quantitative estimate of drug-likeness (QED) is 0.832. The predicted molar refractivity (Wildman–Crippen MR) is 83.6 cm³/mol. The first kappa shape index (κ1) is 15.9. The number of nitrogens with one attached hydrogen (secondary N) is 1. The van der Waals surface area contributed by atoms with Crippen LogP contribution in [0.25, 0.3) is 0 Å². The molecule has 2 aromatic rings. The van der Waals surface area contributed by atoms with Crippen LogP contribution in [0.5, 0.6) is 11.5 Å². The minimum atomic E-state index is -3.58. The van der Waals surface area contributed by atoms with Gasteiger partial charge in [-0.2, -0.15) is 0 Å². The Morgan fingerprint density at radius 1 is 1.10 bits per heavy atom. The lowest BCUT2D eigenvalue weighted by atomic mass is 10.3. The average Bonchev–Trinajstić information content (AvgIpc) is 2.45. The topological polar surface area (TPSA) is 81.4 Å². The van der Waals surface area contributed by atoms with E-state index in [1.165, 1.54) is 31.3 Å². The maximum Gasteiger partial charge on any atom is 0.240 e. The van der Waals surface area contributed by atoms with Crippen molar-refractivity contribution in [1.29, 1.82) is 0 Å². The van der Waals surface area contributed by atoms with E-state index >= 15 is 0 Å². The third kappa shape index (κ3) is 3.59. The first-order chi connectivity index (χ1) is 9.83. The molecule has 0 amide bonds. The summed E-state index contributed by atoms with van der Waals surface area (Å²) in [6, 6.07) is 8.88. The Hall–Kier alpha value is -1.47. The fourth-order valence-electron chi connectivity index (χ4n) is 1.56. The van der Waals surface area contributed by atoms with Crippen LogP contribution in [0.1, 0.15) is 0 Å². The van der Waals surface area contributed by atoms with E-state index in [4.69, 9.17) is 33.7 Å². The molecule has 2 aromatic carbocycles. The van der Waals surface area contributed by atoms with Gasteiger partial charge in [-0.1, -0.05) is 23.2 Å². The summed E-state index contributed by atoms with van der Waals surface area (Å²) in [5, 5.41) is 0.718. The van der Waals surface area contributed by atoms with Gasteiger partial charge in [-0.15, -0.1) is 0 Å². The monoisotopic (exact) mass is 346 g/mol. The molecule has 5 nitrogen and oxygen atoms in total. The van der Waals surface area contributed by atoms with Gasteiger partial charge >= 0.3 is 0 Å². The van der Waals surface area contributed by atoms with Crippen molar-refractivity contribution >= 4 is 38.9 Å². The Labute approximate surface area is 132 Å². The molecule has 0 aromatic heterocycles. The highest BCUT2D eigenvalue weighted by atomic mass is 35.5. The first-order valence-electron chi connectivity index (χ1n) is 5.79. The Bertz CT molecular complexity index is 779. The largest absolute Gasteiger partial charge is 0.455 e. The van der Waals surface area contributed by atoms with Crippen molar-refractivity contribution in [2.45, 2.75) is 4.90 Å². The molecule has 0 heterocycles. The van der Waals surface area contributed by atoms with Gasteiger partial charge < -0.3 is 10.5 Å². The second kappa shape index (κ2) is 6.11. The Kier molecular flexibility index (Phi) is 4.63. The molecule has 0 fully saturated rings. The van der Waals surface area contributed by atoms with Crippen molar-refractivity contribution in [3.63, 3.8) is 0 Å². The molecule has 0 aliphatic heterocycles. The molecular formula is C13H12Cl2N2O3S. The fraction of sp³-hybridized carbons (Fsp3) is 0.0769. The van der Waals surface area contributed by atoms with Gasteiger partial charge in [0.25, 0.3) is 0 Å². The molecule has 0 spiro atoms. The van der Waals surface area contributed by atoms with Gasteiger partial charge in [-0.25, -0.2) is 13.1 Å². The van der Waals surface area contributed by atoms with Crippen LogP contribution >= 0.6 is 23.2 Å². The molecule has 2 rings (SSSR count).